The average Bonchev–Trinajstić information content (AvgIpc) is 2.62. The van der Waals surface area contributed by atoms with Crippen LogP contribution in [0.1, 0.15) is 17.3 Å². The molecule has 1 unspecified atom stereocenters. The monoisotopic (exact) mass is 464 g/mol. The molecule has 1 N–H and O–H groups in total. The first kappa shape index (κ1) is 21.6. The zero-order valence-electron chi connectivity index (χ0n) is 14.2. The van der Waals surface area contributed by atoms with Gasteiger partial charge in [0.2, 0.25) is 5.88 Å². The van der Waals surface area contributed by atoms with Gasteiger partial charge >= 0.3 is 12.1 Å². The highest BCUT2D eigenvalue weighted by Crippen LogP contribution is 2.20. The minimum Gasteiger partial charge on any atom is -0.468 e. The van der Waals surface area contributed by atoms with Gasteiger partial charge in [-0.15, -0.1) is 0 Å². The topological polar surface area (TPSA) is 77.5 Å². The van der Waals surface area contributed by atoms with Gasteiger partial charge < -0.3 is 14.8 Å². The molecule has 1 aromatic heterocycles. The van der Waals surface area contributed by atoms with Gasteiger partial charge in [0.15, 0.2) is 12.7 Å². The van der Waals surface area contributed by atoms with Gasteiger partial charge in [0.05, 0.1) is 11.3 Å². The van der Waals surface area contributed by atoms with E-state index in [4.69, 9.17) is 4.74 Å². The number of benzene rings is 1. The molecule has 1 aromatic carbocycles. The summed E-state index contributed by atoms with van der Waals surface area (Å²) in [6.45, 7) is -0.244. The van der Waals surface area contributed by atoms with Gasteiger partial charge in [-0.05, 0) is 31.2 Å². The molecule has 2 rings (SSSR count). The van der Waals surface area contributed by atoms with E-state index in [1.165, 1.54) is 19.1 Å². The molecule has 1 atom stereocenters. The third-order valence-electron chi connectivity index (χ3n) is 3.20. The van der Waals surface area contributed by atoms with Crippen LogP contribution >= 0.6 is 15.9 Å². The van der Waals surface area contributed by atoms with Crippen LogP contribution in [0.25, 0.3) is 0 Å². The summed E-state index contributed by atoms with van der Waals surface area (Å²) in [4.78, 5) is 27.6. The van der Waals surface area contributed by atoms with E-state index in [-0.39, 0.29) is 17.1 Å². The minimum absolute atomic E-state index is 0.0936. The molecular weight excluding hydrogens is 452 g/mol. The van der Waals surface area contributed by atoms with E-state index in [9.17, 15) is 27.2 Å². The van der Waals surface area contributed by atoms with E-state index >= 15 is 0 Å². The van der Waals surface area contributed by atoms with Gasteiger partial charge in [0, 0.05) is 16.7 Å². The lowest BCUT2D eigenvalue weighted by Gasteiger charge is -2.14. The Labute approximate surface area is 165 Å². The number of hydrogen-bond acceptors (Lipinski definition) is 5. The molecule has 0 saturated carbocycles. The number of pyridine rings is 1. The molecule has 0 aliphatic carbocycles. The molecule has 0 saturated heterocycles. The smallest absolute Gasteiger partial charge is 0.422 e. The summed E-state index contributed by atoms with van der Waals surface area (Å²) in [6.07, 6.45) is -4.83. The molecular formula is C17H13BrF4N2O4. The fraction of sp³-hybridized carbons (Fsp3) is 0.235. The van der Waals surface area contributed by atoms with Gasteiger partial charge in [-0.2, -0.15) is 13.2 Å². The average molecular weight is 465 g/mol. The molecule has 1 heterocycles. The van der Waals surface area contributed by atoms with Gasteiger partial charge in [-0.1, -0.05) is 15.9 Å². The number of nitrogens with zero attached hydrogens (tertiary/aromatic N) is 1. The summed E-state index contributed by atoms with van der Waals surface area (Å²) in [7, 11) is 0. The molecule has 0 spiro atoms. The fourth-order valence-electron chi connectivity index (χ4n) is 1.85. The number of ether oxygens (including phenoxy) is 2. The maximum absolute atomic E-state index is 13.7. The predicted molar refractivity (Wildman–Crippen MR) is 93.4 cm³/mol. The molecule has 0 radical (unpaired) electrons. The van der Waals surface area contributed by atoms with Crippen molar-refractivity contribution in [2.45, 2.75) is 19.2 Å². The summed E-state index contributed by atoms with van der Waals surface area (Å²) in [5.41, 5.74) is -0.197. The molecule has 11 heteroatoms. The Morgan fingerprint density at radius 2 is 1.96 bits per heavy atom. The van der Waals surface area contributed by atoms with Gasteiger partial charge in [-0.25, -0.2) is 14.2 Å². The van der Waals surface area contributed by atoms with Crippen LogP contribution < -0.4 is 10.1 Å². The molecule has 28 heavy (non-hydrogen) atoms. The Bertz CT molecular complexity index is 859. The lowest BCUT2D eigenvalue weighted by Crippen LogP contribution is -2.30. The quantitative estimate of drug-likeness (QED) is 0.514. The van der Waals surface area contributed by atoms with Crippen molar-refractivity contribution >= 4 is 33.5 Å². The Morgan fingerprint density at radius 1 is 1.25 bits per heavy atom. The highest BCUT2D eigenvalue weighted by molar-refractivity contribution is 9.10. The summed E-state index contributed by atoms with van der Waals surface area (Å²) >= 11 is 3.08. The molecule has 0 aliphatic heterocycles. The largest absolute Gasteiger partial charge is 0.468 e. The second kappa shape index (κ2) is 9.00. The summed E-state index contributed by atoms with van der Waals surface area (Å²) < 4.78 is 59.8. The number of aromatic nitrogens is 1. The van der Waals surface area contributed by atoms with Crippen LogP contribution in [-0.2, 0) is 9.53 Å². The van der Waals surface area contributed by atoms with Crippen LogP contribution in [0.5, 0.6) is 5.88 Å². The Kier molecular flexibility index (Phi) is 6.95. The number of rotatable bonds is 6. The Hall–Kier alpha value is -2.69. The zero-order chi connectivity index (χ0) is 20.9. The lowest BCUT2D eigenvalue weighted by molar-refractivity contribution is -0.154. The number of amides is 1. The first-order chi connectivity index (χ1) is 13.0. The molecule has 6 nitrogen and oxygen atoms in total. The number of hydrogen-bond donors (Lipinski definition) is 1. The number of esters is 1. The minimum atomic E-state index is -4.52. The molecule has 0 aliphatic rings. The van der Waals surface area contributed by atoms with E-state index in [0.29, 0.717) is 4.47 Å². The second-order valence-electron chi connectivity index (χ2n) is 5.45. The lowest BCUT2D eigenvalue weighted by atomic mass is 10.2. The van der Waals surface area contributed by atoms with Gasteiger partial charge in [0.25, 0.3) is 5.91 Å². The standard InChI is InChI=1S/C17H13BrF4N2O4/c1-9(15(25)24-13-4-3-11(18)6-12(13)19)28-16(26)10-2-5-14(23-7-10)27-8-17(20,21)22/h2-7,9H,8H2,1H3,(H,24,25). The van der Waals surface area contributed by atoms with Crippen molar-refractivity contribution in [2.24, 2.45) is 0 Å². The first-order valence-corrected chi connectivity index (χ1v) is 8.47. The maximum atomic E-state index is 13.7. The van der Waals surface area contributed by atoms with E-state index in [0.717, 1.165) is 24.4 Å². The van der Waals surface area contributed by atoms with Crippen molar-refractivity contribution in [3.05, 3.63) is 52.4 Å². The second-order valence-corrected chi connectivity index (χ2v) is 6.37. The van der Waals surface area contributed by atoms with Crippen molar-refractivity contribution in [3.63, 3.8) is 0 Å². The molecule has 1 amide bonds. The number of halogens is 5. The first-order valence-electron chi connectivity index (χ1n) is 7.67. The van der Waals surface area contributed by atoms with Gasteiger partial charge in [-0.3, -0.25) is 4.79 Å². The van der Waals surface area contributed by atoms with Crippen LogP contribution in [-0.4, -0.2) is 35.7 Å². The van der Waals surface area contributed by atoms with E-state index in [1.807, 2.05) is 0 Å². The number of nitrogens with one attached hydrogen (secondary N) is 1. The Morgan fingerprint density at radius 3 is 2.54 bits per heavy atom. The fourth-order valence-corrected chi connectivity index (χ4v) is 2.18. The van der Waals surface area contributed by atoms with Crippen molar-refractivity contribution < 1.29 is 36.6 Å². The number of carbonyl (C=O) groups is 2. The van der Waals surface area contributed by atoms with Crippen molar-refractivity contribution in [2.75, 3.05) is 11.9 Å². The zero-order valence-corrected chi connectivity index (χ0v) is 15.8. The maximum Gasteiger partial charge on any atom is 0.422 e. The number of alkyl halides is 3. The van der Waals surface area contributed by atoms with Crippen molar-refractivity contribution in [3.8, 4) is 5.88 Å². The highest BCUT2D eigenvalue weighted by atomic mass is 79.9. The van der Waals surface area contributed by atoms with Gasteiger partial charge in [0.1, 0.15) is 5.82 Å². The number of anilines is 1. The molecule has 150 valence electrons. The van der Waals surface area contributed by atoms with E-state index in [2.05, 4.69) is 31.0 Å². The van der Waals surface area contributed by atoms with E-state index in [1.54, 1.807) is 0 Å². The van der Waals surface area contributed by atoms with Crippen LogP contribution in [0.15, 0.2) is 41.0 Å². The van der Waals surface area contributed by atoms with Crippen LogP contribution in [0.2, 0.25) is 0 Å². The molecule has 0 bridgehead atoms. The summed E-state index contributed by atoms with van der Waals surface area (Å²) in [5.74, 6) is -2.72. The van der Waals surface area contributed by atoms with Crippen molar-refractivity contribution in [1.29, 1.82) is 0 Å². The predicted octanol–water partition coefficient (Wildman–Crippen LogP) is 4.11. The molecule has 2 aromatic rings. The van der Waals surface area contributed by atoms with Crippen LogP contribution in [0, 0.1) is 5.82 Å². The normalized spacial score (nSPS) is 12.2. The third kappa shape index (κ3) is 6.48. The number of carbonyl (C=O) groups excluding carboxylic acids is 2. The SMILES string of the molecule is CC(OC(=O)c1ccc(OCC(F)(F)F)nc1)C(=O)Nc1ccc(Br)cc1F. The Balaban J connectivity index is 1.93. The van der Waals surface area contributed by atoms with Crippen molar-refractivity contribution in [1.82, 2.24) is 4.98 Å². The molecule has 0 fully saturated rings. The van der Waals surface area contributed by atoms with E-state index < -0.39 is 36.6 Å². The van der Waals surface area contributed by atoms with Crippen LogP contribution in [0.3, 0.4) is 0 Å². The summed E-state index contributed by atoms with van der Waals surface area (Å²) in [5, 5.41) is 2.28. The van der Waals surface area contributed by atoms with Crippen LogP contribution in [0.4, 0.5) is 23.2 Å². The highest BCUT2D eigenvalue weighted by Gasteiger charge is 2.28. The summed E-state index contributed by atoms with van der Waals surface area (Å²) in [6, 6.07) is 6.20. The third-order valence-corrected chi connectivity index (χ3v) is 3.69.